The van der Waals surface area contributed by atoms with Gasteiger partial charge >= 0.3 is 0 Å². The Bertz CT molecular complexity index is 542. The molecule has 2 rings (SSSR count). The molecule has 0 aliphatic carbocycles. The van der Waals surface area contributed by atoms with Crippen molar-refractivity contribution >= 4 is 0 Å². The lowest BCUT2D eigenvalue weighted by molar-refractivity contribution is 0.182. The van der Waals surface area contributed by atoms with Gasteiger partial charge in [-0.1, -0.05) is 17.3 Å². The molecule has 6 nitrogen and oxygen atoms in total. The maximum atomic E-state index is 5.96. The minimum Gasteiger partial charge on any atom is -0.493 e. The molecular weight excluding hydrogens is 258 g/mol. The molecule has 1 aromatic heterocycles. The fraction of sp³-hybridized carbons (Fsp3) is 0.429. The van der Waals surface area contributed by atoms with Crippen LogP contribution in [0.25, 0.3) is 11.4 Å². The number of rotatable bonds is 7. The molecule has 1 heterocycles. The van der Waals surface area contributed by atoms with Crippen molar-refractivity contribution in [2.24, 2.45) is 5.73 Å². The summed E-state index contributed by atoms with van der Waals surface area (Å²) >= 11 is 0. The van der Waals surface area contributed by atoms with Crippen molar-refractivity contribution < 1.29 is 14.0 Å². The average molecular weight is 277 g/mol. The summed E-state index contributed by atoms with van der Waals surface area (Å²) in [4.78, 5) is 4.34. The van der Waals surface area contributed by atoms with Crippen LogP contribution in [0.15, 0.2) is 28.8 Å². The van der Waals surface area contributed by atoms with E-state index >= 15 is 0 Å². The third-order valence-corrected chi connectivity index (χ3v) is 2.82. The summed E-state index contributed by atoms with van der Waals surface area (Å²) in [5.41, 5.74) is 6.76. The summed E-state index contributed by atoms with van der Waals surface area (Å²) in [5, 5.41) is 3.97. The van der Waals surface area contributed by atoms with E-state index in [1.165, 1.54) is 0 Å². The first kappa shape index (κ1) is 14.5. The molecule has 1 unspecified atom stereocenters. The van der Waals surface area contributed by atoms with Crippen molar-refractivity contribution in [1.29, 1.82) is 0 Å². The van der Waals surface area contributed by atoms with E-state index in [1.807, 2.05) is 31.2 Å². The first-order chi connectivity index (χ1) is 9.76. The highest BCUT2D eigenvalue weighted by Gasteiger charge is 2.17. The van der Waals surface area contributed by atoms with Gasteiger partial charge < -0.3 is 19.7 Å². The molecular formula is C14H19N3O3. The molecule has 0 amide bonds. The molecule has 0 spiro atoms. The lowest BCUT2D eigenvalue weighted by Gasteiger charge is -2.06. The van der Waals surface area contributed by atoms with Gasteiger partial charge in [0.15, 0.2) is 0 Å². The number of para-hydroxylation sites is 1. The quantitative estimate of drug-likeness (QED) is 0.835. The van der Waals surface area contributed by atoms with Crippen LogP contribution in [0.3, 0.4) is 0 Å². The summed E-state index contributed by atoms with van der Waals surface area (Å²) in [6.07, 6.45) is 0.630. The van der Waals surface area contributed by atoms with E-state index in [0.29, 0.717) is 31.3 Å². The number of hydrogen-bond acceptors (Lipinski definition) is 6. The number of nitrogens with two attached hydrogens (primary N) is 1. The third-order valence-electron chi connectivity index (χ3n) is 2.82. The Balaban J connectivity index is 2.20. The highest BCUT2D eigenvalue weighted by atomic mass is 16.5. The van der Waals surface area contributed by atoms with Crippen LogP contribution in [-0.2, 0) is 4.74 Å². The molecule has 0 radical (unpaired) electrons. The molecule has 2 aromatic rings. The van der Waals surface area contributed by atoms with Gasteiger partial charge in [-0.15, -0.1) is 0 Å². The maximum Gasteiger partial charge on any atom is 0.243 e. The fourth-order valence-corrected chi connectivity index (χ4v) is 1.80. The van der Waals surface area contributed by atoms with Crippen LogP contribution in [0.1, 0.15) is 25.3 Å². The van der Waals surface area contributed by atoms with E-state index in [4.69, 9.17) is 19.7 Å². The number of methoxy groups -OCH3 is 1. The minimum absolute atomic E-state index is 0.324. The fourth-order valence-electron chi connectivity index (χ4n) is 1.80. The Kier molecular flexibility index (Phi) is 5.09. The van der Waals surface area contributed by atoms with E-state index in [1.54, 1.807) is 7.11 Å². The van der Waals surface area contributed by atoms with Crippen molar-refractivity contribution in [1.82, 2.24) is 10.1 Å². The zero-order valence-corrected chi connectivity index (χ0v) is 11.7. The smallest absolute Gasteiger partial charge is 0.243 e. The monoisotopic (exact) mass is 277 g/mol. The molecule has 1 aromatic carbocycles. The van der Waals surface area contributed by atoms with Gasteiger partial charge in [0, 0.05) is 13.7 Å². The molecule has 6 heteroatoms. The maximum absolute atomic E-state index is 5.96. The summed E-state index contributed by atoms with van der Waals surface area (Å²) < 4.78 is 15.8. The molecule has 0 aliphatic heterocycles. The number of aromatic nitrogens is 2. The van der Waals surface area contributed by atoms with E-state index in [9.17, 15) is 0 Å². The summed E-state index contributed by atoms with van der Waals surface area (Å²) in [5.74, 6) is 1.62. The number of hydrogen-bond donors (Lipinski definition) is 1. The minimum atomic E-state index is -0.324. The third kappa shape index (κ3) is 3.34. The largest absolute Gasteiger partial charge is 0.493 e. The van der Waals surface area contributed by atoms with Gasteiger partial charge in [-0.25, -0.2) is 0 Å². The summed E-state index contributed by atoms with van der Waals surface area (Å²) in [7, 11) is 1.63. The van der Waals surface area contributed by atoms with Crippen molar-refractivity contribution in [3.8, 4) is 17.1 Å². The molecule has 0 saturated carbocycles. The topological polar surface area (TPSA) is 83.4 Å². The number of ether oxygens (including phenoxy) is 2. The Labute approximate surface area is 117 Å². The van der Waals surface area contributed by atoms with Crippen LogP contribution in [0.5, 0.6) is 5.75 Å². The van der Waals surface area contributed by atoms with E-state index in [2.05, 4.69) is 10.1 Å². The molecule has 2 N–H and O–H groups in total. The predicted molar refractivity (Wildman–Crippen MR) is 74.3 cm³/mol. The summed E-state index contributed by atoms with van der Waals surface area (Å²) in [6.45, 7) is 3.06. The Morgan fingerprint density at radius 1 is 1.35 bits per heavy atom. The molecule has 108 valence electrons. The van der Waals surface area contributed by atoms with Crippen molar-refractivity contribution in [2.45, 2.75) is 19.4 Å². The Morgan fingerprint density at radius 3 is 2.90 bits per heavy atom. The van der Waals surface area contributed by atoms with Gasteiger partial charge in [0.25, 0.3) is 0 Å². The second-order valence-electron chi connectivity index (χ2n) is 4.27. The van der Waals surface area contributed by atoms with Gasteiger partial charge in [0.1, 0.15) is 5.75 Å². The highest BCUT2D eigenvalue weighted by molar-refractivity contribution is 5.63. The van der Waals surface area contributed by atoms with Gasteiger partial charge in [0.05, 0.1) is 18.2 Å². The number of nitrogens with zero attached hydrogens (tertiary/aromatic N) is 2. The molecule has 20 heavy (non-hydrogen) atoms. The zero-order valence-electron chi connectivity index (χ0n) is 11.7. The van der Waals surface area contributed by atoms with E-state index < -0.39 is 0 Å². The van der Waals surface area contributed by atoms with Crippen LogP contribution < -0.4 is 10.5 Å². The molecule has 1 atom stereocenters. The number of benzene rings is 1. The second-order valence-corrected chi connectivity index (χ2v) is 4.27. The van der Waals surface area contributed by atoms with Crippen LogP contribution in [0.2, 0.25) is 0 Å². The zero-order chi connectivity index (χ0) is 14.4. The normalized spacial score (nSPS) is 12.3. The highest BCUT2D eigenvalue weighted by Crippen LogP contribution is 2.28. The Morgan fingerprint density at radius 2 is 2.15 bits per heavy atom. The van der Waals surface area contributed by atoms with Gasteiger partial charge in [-0.05, 0) is 25.5 Å². The first-order valence-corrected chi connectivity index (χ1v) is 6.56. The molecule has 0 aliphatic rings. The van der Waals surface area contributed by atoms with Gasteiger partial charge in [-0.3, -0.25) is 0 Å². The van der Waals surface area contributed by atoms with Crippen molar-refractivity contribution in [3.05, 3.63) is 30.2 Å². The molecule has 0 bridgehead atoms. The van der Waals surface area contributed by atoms with Crippen LogP contribution in [0, 0.1) is 0 Å². The Hall–Kier alpha value is -1.92. The lowest BCUT2D eigenvalue weighted by Crippen LogP contribution is -2.13. The van der Waals surface area contributed by atoms with Gasteiger partial charge in [-0.2, -0.15) is 4.98 Å². The van der Waals surface area contributed by atoms with Crippen LogP contribution >= 0.6 is 0 Å². The van der Waals surface area contributed by atoms with Crippen molar-refractivity contribution in [3.63, 3.8) is 0 Å². The van der Waals surface area contributed by atoms with E-state index in [0.717, 1.165) is 11.3 Å². The van der Waals surface area contributed by atoms with Crippen LogP contribution in [-0.4, -0.2) is 30.5 Å². The van der Waals surface area contributed by atoms with Crippen molar-refractivity contribution in [2.75, 3.05) is 20.3 Å². The lowest BCUT2D eigenvalue weighted by atomic mass is 10.2. The van der Waals surface area contributed by atoms with Gasteiger partial charge in [0.2, 0.25) is 11.7 Å². The average Bonchev–Trinajstić information content (AvgIpc) is 2.95. The first-order valence-electron chi connectivity index (χ1n) is 6.56. The van der Waals surface area contributed by atoms with Crippen LogP contribution in [0.4, 0.5) is 0 Å². The van der Waals surface area contributed by atoms with E-state index in [-0.39, 0.29) is 6.04 Å². The SMILES string of the molecule is CCOc1ccccc1-c1noc(C(N)CCOC)n1. The second kappa shape index (κ2) is 7.02. The molecule has 0 saturated heterocycles. The standard InChI is InChI=1S/C14H19N3O3/c1-3-19-12-7-5-4-6-10(12)13-16-14(20-17-13)11(15)8-9-18-2/h4-7,11H,3,8-9,15H2,1-2H3. The summed E-state index contributed by atoms with van der Waals surface area (Å²) in [6, 6.07) is 7.24. The predicted octanol–water partition coefficient (Wildman–Crippen LogP) is 2.17. The molecule has 0 fully saturated rings.